The molecule has 1 aromatic rings. The molecule has 1 aliphatic carbocycles. The SMILES string of the molecule is NC1Cc2cc3c(cc2C1)NON3. The zero-order valence-electron chi connectivity index (χ0n) is 7.13. The van der Waals surface area contributed by atoms with Crippen LogP contribution in [-0.4, -0.2) is 6.04 Å². The van der Waals surface area contributed by atoms with Crippen molar-refractivity contribution in [3.8, 4) is 0 Å². The Balaban J connectivity index is 2.10. The normalized spacial score (nSPS) is 19.2. The monoisotopic (exact) mass is 177 g/mol. The van der Waals surface area contributed by atoms with Crippen LogP contribution in [0, 0.1) is 0 Å². The van der Waals surface area contributed by atoms with Crippen molar-refractivity contribution in [2.75, 3.05) is 11.0 Å². The first kappa shape index (κ1) is 7.17. The molecule has 1 heterocycles. The van der Waals surface area contributed by atoms with Gasteiger partial charge in [-0.15, -0.1) is 0 Å². The van der Waals surface area contributed by atoms with Crippen LogP contribution in [-0.2, 0) is 17.8 Å². The average Bonchev–Trinajstić information content (AvgIpc) is 2.63. The summed E-state index contributed by atoms with van der Waals surface area (Å²) in [5.41, 5.74) is 16.2. The van der Waals surface area contributed by atoms with Crippen LogP contribution in [0.2, 0.25) is 0 Å². The first-order valence-electron chi connectivity index (χ1n) is 4.42. The van der Waals surface area contributed by atoms with Crippen LogP contribution in [0.5, 0.6) is 0 Å². The van der Waals surface area contributed by atoms with E-state index >= 15 is 0 Å². The number of benzene rings is 1. The molecule has 0 atom stereocenters. The lowest BCUT2D eigenvalue weighted by atomic mass is 10.1. The smallest absolute Gasteiger partial charge is 0.0887 e. The van der Waals surface area contributed by atoms with Crippen LogP contribution in [0.4, 0.5) is 11.4 Å². The van der Waals surface area contributed by atoms with Crippen LogP contribution >= 0.6 is 0 Å². The highest BCUT2D eigenvalue weighted by atomic mass is 16.8. The van der Waals surface area contributed by atoms with Gasteiger partial charge in [-0.3, -0.25) is 0 Å². The summed E-state index contributed by atoms with van der Waals surface area (Å²) < 4.78 is 0. The van der Waals surface area contributed by atoms with E-state index in [2.05, 4.69) is 23.1 Å². The van der Waals surface area contributed by atoms with Crippen LogP contribution in [0.25, 0.3) is 0 Å². The largest absolute Gasteiger partial charge is 0.327 e. The molecule has 4 nitrogen and oxygen atoms in total. The molecule has 1 aliphatic heterocycles. The lowest BCUT2D eigenvalue weighted by Crippen LogP contribution is -2.19. The molecule has 2 aliphatic rings. The summed E-state index contributed by atoms with van der Waals surface area (Å²) in [5, 5.41) is 0. The van der Waals surface area contributed by atoms with E-state index in [1.807, 2.05) is 0 Å². The molecule has 68 valence electrons. The third kappa shape index (κ3) is 0.993. The number of hydrogen-bond donors (Lipinski definition) is 3. The Labute approximate surface area is 76.0 Å². The van der Waals surface area contributed by atoms with Crippen molar-refractivity contribution in [3.63, 3.8) is 0 Å². The molecule has 0 aromatic heterocycles. The van der Waals surface area contributed by atoms with Crippen molar-refractivity contribution in [3.05, 3.63) is 23.3 Å². The van der Waals surface area contributed by atoms with Gasteiger partial charge in [-0.1, -0.05) is 0 Å². The van der Waals surface area contributed by atoms with Gasteiger partial charge < -0.3 is 5.73 Å². The highest BCUT2D eigenvalue weighted by molar-refractivity contribution is 5.72. The van der Waals surface area contributed by atoms with E-state index in [0.717, 1.165) is 24.2 Å². The van der Waals surface area contributed by atoms with Crippen LogP contribution < -0.4 is 16.7 Å². The molecule has 0 fully saturated rings. The summed E-state index contributed by atoms with van der Waals surface area (Å²) in [6.45, 7) is 0. The first-order valence-corrected chi connectivity index (χ1v) is 4.42. The third-order valence-electron chi connectivity index (χ3n) is 2.63. The van der Waals surface area contributed by atoms with Crippen LogP contribution in [0.1, 0.15) is 11.1 Å². The molecule has 0 spiro atoms. The molecule has 13 heavy (non-hydrogen) atoms. The van der Waals surface area contributed by atoms with E-state index < -0.39 is 0 Å². The second kappa shape index (κ2) is 2.37. The Kier molecular flexibility index (Phi) is 1.31. The van der Waals surface area contributed by atoms with E-state index in [1.54, 1.807) is 0 Å². The Morgan fingerprint density at radius 2 is 1.69 bits per heavy atom. The van der Waals surface area contributed by atoms with Crippen LogP contribution in [0.3, 0.4) is 0 Å². The number of nitrogens with two attached hydrogens (primary N) is 1. The molecule has 3 rings (SSSR count). The lowest BCUT2D eigenvalue weighted by Gasteiger charge is -2.00. The summed E-state index contributed by atoms with van der Waals surface area (Å²) in [5.74, 6) is 0. The molecule has 0 bridgehead atoms. The fourth-order valence-corrected chi connectivity index (χ4v) is 2.01. The quantitative estimate of drug-likeness (QED) is 0.548. The molecule has 0 saturated carbocycles. The molecule has 0 unspecified atom stereocenters. The van der Waals surface area contributed by atoms with Gasteiger partial charge in [0.1, 0.15) is 0 Å². The highest BCUT2D eigenvalue weighted by Crippen LogP contribution is 2.33. The number of rotatable bonds is 0. The van der Waals surface area contributed by atoms with Crippen molar-refractivity contribution in [1.29, 1.82) is 0 Å². The van der Waals surface area contributed by atoms with E-state index in [1.165, 1.54) is 11.1 Å². The zero-order valence-corrected chi connectivity index (χ0v) is 7.13. The number of anilines is 2. The molecule has 0 radical (unpaired) electrons. The van der Waals surface area contributed by atoms with E-state index in [9.17, 15) is 0 Å². The minimum atomic E-state index is 0.290. The van der Waals surface area contributed by atoms with Gasteiger partial charge in [-0.05, 0) is 36.1 Å². The number of fused-ring (bicyclic) bond motifs is 2. The van der Waals surface area contributed by atoms with Crippen molar-refractivity contribution < 1.29 is 4.94 Å². The van der Waals surface area contributed by atoms with Gasteiger partial charge in [0.05, 0.1) is 11.4 Å². The second-order valence-electron chi connectivity index (χ2n) is 3.64. The molecule has 0 amide bonds. The number of nitrogens with one attached hydrogen (secondary N) is 2. The Morgan fingerprint density at radius 3 is 2.23 bits per heavy atom. The van der Waals surface area contributed by atoms with Gasteiger partial charge >= 0.3 is 0 Å². The summed E-state index contributed by atoms with van der Waals surface area (Å²) in [6.07, 6.45) is 1.95. The summed E-state index contributed by atoms with van der Waals surface area (Å²) >= 11 is 0. The first-order chi connectivity index (χ1) is 6.33. The molecule has 1 aromatic carbocycles. The predicted molar refractivity (Wildman–Crippen MR) is 50.2 cm³/mol. The molecule has 4 heteroatoms. The maximum atomic E-state index is 5.87. The Morgan fingerprint density at radius 1 is 1.15 bits per heavy atom. The van der Waals surface area contributed by atoms with Gasteiger partial charge in [0.15, 0.2) is 0 Å². The van der Waals surface area contributed by atoms with Crippen molar-refractivity contribution in [1.82, 2.24) is 0 Å². The fourth-order valence-electron chi connectivity index (χ4n) is 2.01. The summed E-state index contributed by atoms with van der Waals surface area (Å²) in [4.78, 5) is 4.89. The van der Waals surface area contributed by atoms with E-state index in [4.69, 9.17) is 10.7 Å². The zero-order chi connectivity index (χ0) is 8.84. The number of hydrogen-bond acceptors (Lipinski definition) is 4. The topological polar surface area (TPSA) is 59.3 Å². The lowest BCUT2D eigenvalue weighted by molar-refractivity contribution is 0.282. The summed E-state index contributed by atoms with van der Waals surface area (Å²) in [6, 6.07) is 4.51. The Hall–Kier alpha value is -1.26. The second-order valence-corrected chi connectivity index (χ2v) is 3.64. The van der Waals surface area contributed by atoms with Gasteiger partial charge in [0.25, 0.3) is 0 Å². The van der Waals surface area contributed by atoms with Gasteiger partial charge in [0.2, 0.25) is 0 Å². The molecule has 0 saturated heterocycles. The maximum Gasteiger partial charge on any atom is 0.0887 e. The molecule has 4 N–H and O–H groups in total. The van der Waals surface area contributed by atoms with Crippen molar-refractivity contribution in [2.45, 2.75) is 18.9 Å². The van der Waals surface area contributed by atoms with Gasteiger partial charge in [0, 0.05) is 6.04 Å². The molecular weight excluding hydrogens is 166 g/mol. The summed E-state index contributed by atoms with van der Waals surface area (Å²) in [7, 11) is 0. The third-order valence-corrected chi connectivity index (χ3v) is 2.63. The minimum absolute atomic E-state index is 0.290. The van der Waals surface area contributed by atoms with Crippen molar-refractivity contribution in [2.24, 2.45) is 5.73 Å². The predicted octanol–water partition coefficient (Wildman–Crippen LogP) is 0.796. The Bertz CT molecular complexity index is 331. The standard InChI is InChI=1S/C9H11N3O/c10-7-1-5-3-8-9(12-13-11-8)4-6(5)2-7/h3-4,7,11-12H,1-2,10H2. The average molecular weight is 177 g/mol. The highest BCUT2D eigenvalue weighted by Gasteiger charge is 2.22. The molecular formula is C9H11N3O. The van der Waals surface area contributed by atoms with Crippen molar-refractivity contribution >= 4 is 11.4 Å². The van der Waals surface area contributed by atoms with E-state index in [-0.39, 0.29) is 0 Å². The van der Waals surface area contributed by atoms with Crippen LogP contribution in [0.15, 0.2) is 12.1 Å². The van der Waals surface area contributed by atoms with Gasteiger partial charge in [-0.2, -0.15) is 4.94 Å². The maximum absolute atomic E-state index is 5.87. The van der Waals surface area contributed by atoms with Gasteiger partial charge in [-0.25, -0.2) is 11.0 Å². The fraction of sp³-hybridized carbons (Fsp3) is 0.333. The van der Waals surface area contributed by atoms with E-state index in [0.29, 0.717) is 6.04 Å². The minimum Gasteiger partial charge on any atom is -0.327 e.